The van der Waals surface area contributed by atoms with E-state index in [1.165, 1.54) is 4.31 Å². The predicted octanol–water partition coefficient (Wildman–Crippen LogP) is 0.856. The molecule has 0 aromatic rings. The van der Waals surface area contributed by atoms with E-state index in [0.29, 0.717) is 25.4 Å². The highest BCUT2D eigenvalue weighted by Crippen LogP contribution is 2.22. The number of aliphatic hydroxyl groups excluding tert-OH is 1. The molecule has 0 aromatic carbocycles. The molecule has 18 heavy (non-hydrogen) atoms. The molecule has 5 nitrogen and oxygen atoms in total. The molecule has 1 saturated heterocycles. The second-order valence-corrected chi connectivity index (χ2v) is 7.39. The molecular formula is C12H24N2O3S. The van der Waals surface area contributed by atoms with Gasteiger partial charge in [-0.15, -0.1) is 0 Å². The van der Waals surface area contributed by atoms with Gasteiger partial charge in [-0.05, 0) is 31.6 Å². The molecule has 0 radical (unpaired) electrons. The zero-order chi connectivity index (χ0) is 13.2. The van der Waals surface area contributed by atoms with E-state index in [1.54, 1.807) is 0 Å². The minimum Gasteiger partial charge on any atom is -0.391 e. The highest BCUT2D eigenvalue weighted by Gasteiger charge is 2.32. The number of nitrogens with one attached hydrogen (secondary N) is 1. The van der Waals surface area contributed by atoms with Gasteiger partial charge in [0.15, 0.2) is 0 Å². The molecule has 1 heterocycles. The molecule has 0 aromatic heterocycles. The molecule has 2 fully saturated rings. The van der Waals surface area contributed by atoms with Gasteiger partial charge in [0.05, 0.1) is 6.10 Å². The van der Waals surface area contributed by atoms with E-state index in [1.807, 2.05) is 0 Å². The zero-order valence-electron chi connectivity index (χ0n) is 11.0. The van der Waals surface area contributed by atoms with E-state index >= 15 is 0 Å². The molecule has 3 atom stereocenters. The average molecular weight is 276 g/mol. The predicted molar refractivity (Wildman–Crippen MR) is 70.3 cm³/mol. The molecule has 1 unspecified atom stereocenters. The summed E-state index contributed by atoms with van der Waals surface area (Å²) in [6.07, 6.45) is 4.90. The molecule has 2 rings (SSSR count). The Hall–Kier alpha value is -0.170. The summed E-state index contributed by atoms with van der Waals surface area (Å²) in [5, 5.41) is 9.84. The summed E-state index contributed by atoms with van der Waals surface area (Å²) in [5.74, 6) is 0.423. The second kappa shape index (κ2) is 5.86. The van der Waals surface area contributed by atoms with Crippen LogP contribution in [0, 0.1) is 5.92 Å². The van der Waals surface area contributed by atoms with Gasteiger partial charge >= 0.3 is 0 Å². The van der Waals surface area contributed by atoms with Crippen LogP contribution >= 0.6 is 0 Å². The number of nitrogens with zero attached hydrogens (tertiary/aromatic N) is 1. The van der Waals surface area contributed by atoms with E-state index < -0.39 is 16.3 Å². The summed E-state index contributed by atoms with van der Waals surface area (Å²) < 4.78 is 28.7. The van der Waals surface area contributed by atoms with E-state index in [-0.39, 0.29) is 6.04 Å². The smallest absolute Gasteiger partial charge is 0.279 e. The molecule has 0 spiro atoms. The van der Waals surface area contributed by atoms with Gasteiger partial charge in [0.25, 0.3) is 10.2 Å². The zero-order valence-corrected chi connectivity index (χ0v) is 11.8. The maximum atomic E-state index is 12.2. The fourth-order valence-corrected chi connectivity index (χ4v) is 4.51. The Bertz CT molecular complexity index is 372. The van der Waals surface area contributed by atoms with Crippen LogP contribution in [0.25, 0.3) is 0 Å². The van der Waals surface area contributed by atoms with E-state index in [4.69, 9.17) is 0 Å². The van der Waals surface area contributed by atoms with Crippen LogP contribution in [-0.4, -0.2) is 43.1 Å². The van der Waals surface area contributed by atoms with Gasteiger partial charge in [0.2, 0.25) is 0 Å². The maximum Gasteiger partial charge on any atom is 0.279 e. The summed E-state index contributed by atoms with van der Waals surface area (Å²) >= 11 is 0. The minimum atomic E-state index is -3.43. The van der Waals surface area contributed by atoms with Crippen molar-refractivity contribution < 1.29 is 13.5 Å². The number of aliphatic hydroxyl groups is 1. The molecule has 1 saturated carbocycles. The Morgan fingerprint density at radius 2 is 1.89 bits per heavy atom. The van der Waals surface area contributed by atoms with Gasteiger partial charge in [0, 0.05) is 19.1 Å². The first kappa shape index (κ1) is 14.2. The normalized spacial score (nSPS) is 35.6. The van der Waals surface area contributed by atoms with Crippen LogP contribution < -0.4 is 4.72 Å². The highest BCUT2D eigenvalue weighted by molar-refractivity contribution is 7.87. The van der Waals surface area contributed by atoms with Crippen molar-refractivity contribution in [1.82, 2.24) is 9.03 Å². The van der Waals surface area contributed by atoms with Crippen molar-refractivity contribution in [3.05, 3.63) is 0 Å². The molecule has 1 aliphatic carbocycles. The molecule has 2 N–H and O–H groups in total. The first-order chi connectivity index (χ1) is 8.49. The molecule has 0 amide bonds. The number of rotatable bonds is 3. The maximum absolute atomic E-state index is 12.2. The molecule has 2 aliphatic rings. The van der Waals surface area contributed by atoms with Crippen molar-refractivity contribution in [2.24, 2.45) is 5.92 Å². The highest BCUT2D eigenvalue weighted by atomic mass is 32.2. The number of piperidine rings is 1. The van der Waals surface area contributed by atoms with Crippen molar-refractivity contribution in [2.45, 2.75) is 57.6 Å². The SMILES string of the molecule is CC1CCCN(S(=O)(=O)N[C@@H]2CCCC[C@H]2O)C1. The third-order valence-electron chi connectivity index (χ3n) is 3.99. The van der Waals surface area contributed by atoms with Gasteiger partial charge in [0.1, 0.15) is 0 Å². The molecular weight excluding hydrogens is 252 g/mol. The van der Waals surface area contributed by atoms with Gasteiger partial charge in [-0.25, -0.2) is 0 Å². The van der Waals surface area contributed by atoms with Crippen LogP contribution in [0.3, 0.4) is 0 Å². The van der Waals surface area contributed by atoms with Crippen LogP contribution in [0.1, 0.15) is 45.4 Å². The lowest BCUT2D eigenvalue weighted by molar-refractivity contribution is 0.0998. The summed E-state index contributed by atoms with van der Waals surface area (Å²) in [5.41, 5.74) is 0. The van der Waals surface area contributed by atoms with Crippen molar-refractivity contribution >= 4 is 10.2 Å². The van der Waals surface area contributed by atoms with Gasteiger partial charge < -0.3 is 5.11 Å². The Morgan fingerprint density at radius 1 is 1.17 bits per heavy atom. The third-order valence-corrected chi connectivity index (χ3v) is 5.60. The summed E-state index contributed by atoms with van der Waals surface area (Å²) in [4.78, 5) is 0. The Morgan fingerprint density at radius 3 is 2.56 bits per heavy atom. The first-order valence-corrected chi connectivity index (χ1v) is 8.38. The van der Waals surface area contributed by atoms with Gasteiger partial charge in [-0.3, -0.25) is 0 Å². The quantitative estimate of drug-likeness (QED) is 0.803. The van der Waals surface area contributed by atoms with Gasteiger partial charge in [-0.2, -0.15) is 17.4 Å². The number of hydrogen-bond donors (Lipinski definition) is 2. The third kappa shape index (κ3) is 3.44. The van der Waals surface area contributed by atoms with Gasteiger partial charge in [-0.1, -0.05) is 19.8 Å². The number of hydrogen-bond acceptors (Lipinski definition) is 3. The second-order valence-electron chi connectivity index (χ2n) is 5.69. The van der Waals surface area contributed by atoms with Crippen LogP contribution in [0.5, 0.6) is 0 Å². The minimum absolute atomic E-state index is 0.305. The fraction of sp³-hybridized carbons (Fsp3) is 1.00. The van der Waals surface area contributed by atoms with E-state index in [9.17, 15) is 13.5 Å². The average Bonchev–Trinajstić information content (AvgIpc) is 2.32. The Labute approximate surface area is 110 Å². The Balaban J connectivity index is 1.97. The Kier molecular flexibility index (Phi) is 4.64. The monoisotopic (exact) mass is 276 g/mol. The molecule has 1 aliphatic heterocycles. The van der Waals surface area contributed by atoms with Crippen LogP contribution in [0.4, 0.5) is 0 Å². The summed E-state index contributed by atoms with van der Waals surface area (Å²) in [7, 11) is -3.43. The van der Waals surface area contributed by atoms with Crippen molar-refractivity contribution in [1.29, 1.82) is 0 Å². The lowest BCUT2D eigenvalue weighted by atomic mass is 9.93. The molecule has 0 bridgehead atoms. The fourth-order valence-electron chi connectivity index (χ4n) is 2.88. The summed E-state index contributed by atoms with van der Waals surface area (Å²) in [6.45, 7) is 3.28. The van der Waals surface area contributed by atoms with E-state index in [2.05, 4.69) is 11.6 Å². The van der Waals surface area contributed by atoms with Crippen molar-refractivity contribution in [3.63, 3.8) is 0 Å². The topological polar surface area (TPSA) is 69.6 Å². The molecule has 106 valence electrons. The largest absolute Gasteiger partial charge is 0.391 e. The van der Waals surface area contributed by atoms with Crippen LogP contribution in [-0.2, 0) is 10.2 Å². The lowest BCUT2D eigenvalue weighted by Crippen LogP contribution is -2.52. The van der Waals surface area contributed by atoms with Crippen molar-refractivity contribution in [2.75, 3.05) is 13.1 Å². The van der Waals surface area contributed by atoms with Crippen LogP contribution in [0.2, 0.25) is 0 Å². The summed E-state index contributed by atoms with van der Waals surface area (Å²) in [6, 6.07) is -0.305. The standard InChI is InChI=1S/C12H24N2O3S/c1-10-5-4-8-14(9-10)18(16,17)13-11-6-2-3-7-12(11)15/h10-13,15H,2-9H2,1H3/t10?,11-,12-/m1/s1. The van der Waals surface area contributed by atoms with Crippen LogP contribution in [0.15, 0.2) is 0 Å². The lowest BCUT2D eigenvalue weighted by Gasteiger charge is -2.34. The first-order valence-electron chi connectivity index (χ1n) is 6.94. The van der Waals surface area contributed by atoms with E-state index in [0.717, 1.165) is 32.1 Å². The molecule has 6 heteroatoms. The van der Waals surface area contributed by atoms with Crippen molar-refractivity contribution in [3.8, 4) is 0 Å².